The summed E-state index contributed by atoms with van der Waals surface area (Å²) in [5.41, 5.74) is 0.111. The number of hydrogen-bond donors (Lipinski definition) is 3. The van der Waals surface area contributed by atoms with E-state index in [0.29, 0.717) is 22.0 Å². The summed E-state index contributed by atoms with van der Waals surface area (Å²) >= 11 is 6.31. The first kappa shape index (κ1) is 22.4. The SMILES string of the molecule is COc1ccc(CN2C(=O)C3C(CCC(=O)O)NC4(C(=O)Nc5c(Cl)cccc54)C3C2=O)cc1. The molecule has 3 amide bonds. The van der Waals surface area contributed by atoms with E-state index in [4.69, 9.17) is 16.3 Å². The molecule has 0 bridgehead atoms. The molecule has 3 aliphatic rings. The second-order valence-electron chi connectivity index (χ2n) is 8.72. The van der Waals surface area contributed by atoms with E-state index in [9.17, 15) is 24.3 Å². The van der Waals surface area contributed by atoms with Crippen molar-refractivity contribution in [3.8, 4) is 5.75 Å². The van der Waals surface area contributed by atoms with Crippen molar-refractivity contribution in [2.75, 3.05) is 12.4 Å². The molecule has 3 aliphatic heterocycles. The highest BCUT2D eigenvalue weighted by Gasteiger charge is 2.70. The van der Waals surface area contributed by atoms with Crippen molar-refractivity contribution < 1.29 is 29.0 Å². The van der Waals surface area contributed by atoms with Gasteiger partial charge in [0.2, 0.25) is 17.7 Å². The Morgan fingerprint density at radius 3 is 2.56 bits per heavy atom. The summed E-state index contributed by atoms with van der Waals surface area (Å²) in [6.45, 7) is 0.0421. The fraction of sp³-hybridized carbons (Fsp3) is 0.333. The van der Waals surface area contributed by atoms with Gasteiger partial charge in [-0.25, -0.2) is 0 Å². The molecule has 10 heteroatoms. The minimum absolute atomic E-state index is 0.0421. The maximum Gasteiger partial charge on any atom is 0.303 e. The van der Waals surface area contributed by atoms with Crippen molar-refractivity contribution in [3.05, 3.63) is 58.6 Å². The number of nitrogens with zero attached hydrogens (tertiary/aromatic N) is 1. The number of likely N-dealkylation sites (tertiary alicyclic amines) is 1. The molecule has 176 valence electrons. The molecule has 4 atom stereocenters. The van der Waals surface area contributed by atoms with Gasteiger partial charge in [0.15, 0.2) is 0 Å². The normalized spacial score (nSPS) is 27.2. The van der Waals surface area contributed by atoms with Crippen molar-refractivity contribution in [2.45, 2.75) is 31.0 Å². The Labute approximate surface area is 200 Å². The van der Waals surface area contributed by atoms with Crippen LogP contribution in [0.3, 0.4) is 0 Å². The molecule has 2 saturated heterocycles. The number of para-hydroxylation sites is 1. The lowest BCUT2D eigenvalue weighted by atomic mass is 9.76. The number of hydrogen-bond acceptors (Lipinski definition) is 6. The van der Waals surface area contributed by atoms with E-state index < -0.39 is 47.1 Å². The highest BCUT2D eigenvalue weighted by atomic mass is 35.5. The Morgan fingerprint density at radius 1 is 1.15 bits per heavy atom. The molecule has 5 rings (SSSR count). The summed E-state index contributed by atoms with van der Waals surface area (Å²) in [5, 5.41) is 15.5. The monoisotopic (exact) mass is 483 g/mol. The minimum Gasteiger partial charge on any atom is -0.497 e. The molecule has 0 radical (unpaired) electrons. The molecule has 0 aliphatic carbocycles. The van der Waals surface area contributed by atoms with Crippen LogP contribution in [0, 0.1) is 11.8 Å². The Morgan fingerprint density at radius 2 is 1.88 bits per heavy atom. The number of rotatable bonds is 6. The number of imide groups is 1. The molecule has 0 saturated carbocycles. The number of ether oxygens (including phenoxy) is 1. The average molecular weight is 484 g/mol. The van der Waals surface area contributed by atoms with Gasteiger partial charge in [-0.1, -0.05) is 35.9 Å². The highest BCUT2D eigenvalue weighted by molar-refractivity contribution is 6.35. The van der Waals surface area contributed by atoms with Gasteiger partial charge in [-0.05, 0) is 30.2 Å². The predicted molar refractivity (Wildman–Crippen MR) is 121 cm³/mol. The number of methoxy groups -OCH3 is 1. The Hall–Kier alpha value is -3.43. The zero-order valence-corrected chi connectivity index (χ0v) is 19.0. The van der Waals surface area contributed by atoms with Crippen LogP contribution in [-0.4, -0.2) is 46.8 Å². The predicted octanol–water partition coefficient (Wildman–Crippen LogP) is 2.13. The zero-order chi connectivity index (χ0) is 24.2. The largest absolute Gasteiger partial charge is 0.497 e. The molecule has 1 spiro atoms. The smallest absolute Gasteiger partial charge is 0.303 e. The van der Waals surface area contributed by atoms with Crippen LogP contribution in [0.5, 0.6) is 5.75 Å². The summed E-state index contributed by atoms with van der Waals surface area (Å²) < 4.78 is 5.16. The maximum atomic E-state index is 13.7. The first-order valence-electron chi connectivity index (χ1n) is 10.9. The molecule has 9 nitrogen and oxygen atoms in total. The van der Waals surface area contributed by atoms with E-state index in [1.165, 1.54) is 4.90 Å². The van der Waals surface area contributed by atoms with Gasteiger partial charge in [0.1, 0.15) is 11.3 Å². The van der Waals surface area contributed by atoms with Crippen molar-refractivity contribution >= 4 is 41.0 Å². The molecule has 0 aromatic heterocycles. The summed E-state index contributed by atoms with van der Waals surface area (Å²) in [5.74, 6) is -3.64. The molecule has 34 heavy (non-hydrogen) atoms. The molecule has 2 aromatic rings. The van der Waals surface area contributed by atoms with Crippen LogP contribution in [0.2, 0.25) is 5.02 Å². The van der Waals surface area contributed by atoms with E-state index in [1.807, 2.05) is 0 Å². The van der Waals surface area contributed by atoms with E-state index in [0.717, 1.165) is 5.56 Å². The van der Waals surface area contributed by atoms with E-state index in [1.54, 1.807) is 49.6 Å². The van der Waals surface area contributed by atoms with Crippen molar-refractivity contribution in [3.63, 3.8) is 0 Å². The zero-order valence-electron chi connectivity index (χ0n) is 18.2. The van der Waals surface area contributed by atoms with Crippen LogP contribution in [0.25, 0.3) is 0 Å². The number of benzene rings is 2. The number of carboxylic acid groups (broad SMARTS) is 1. The number of amides is 3. The summed E-state index contributed by atoms with van der Waals surface area (Å²) in [6.07, 6.45) is -0.113. The van der Waals surface area contributed by atoms with Crippen molar-refractivity contribution in [1.82, 2.24) is 10.2 Å². The molecular weight excluding hydrogens is 462 g/mol. The Bertz CT molecular complexity index is 1220. The fourth-order valence-corrected chi connectivity index (χ4v) is 5.67. The lowest BCUT2D eigenvalue weighted by Crippen LogP contribution is -2.53. The van der Waals surface area contributed by atoms with Crippen LogP contribution in [-0.2, 0) is 31.3 Å². The number of anilines is 1. The second kappa shape index (κ2) is 8.11. The molecule has 3 heterocycles. The number of carbonyl (C=O) groups is 4. The third kappa shape index (κ3) is 3.19. The number of aliphatic carboxylic acids is 1. The highest BCUT2D eigenvalue weighted by Crippen LogP contribution is 2.54. The maximum absolute atomic E-state index is 13.7. The number of carbonyl (C=O) groups excluding carboxylic acids is 3. The van der Waals surface area contributed by atoms with Gasteiger partial charge in [-0.3, -0.25) is 29.4 Å². The van der Waals surface area contributed by atoms with Gasteiger partial charge in [0, 0.05) is 18.0 Å². The summed E-state index contributed by atoms with van der Waals surface area (Å²) in [4.78, 5) is 53.1. The second-order valence-corrected chi connectivity index (χ2v) is 9.13. The molecular formula is C24H22ClN3O6. The summed E-state index contributed by atoms with van der Waals surface area (Å²) in [6, 6.07) is 11.3. The average Bonchev–Trinajstić information content (AvgIpc) is 3.40. The van der Waals surface area contributed by atoms with Crippen LogP contribution in [0.1, 0.15) is 24.0 Å². The van der Waals surface area contributed by atoms with Crippen molar-refractivity contribution in [1.29, 1.82) is 0 Å². The first-order valence-corrected chi connectivity index (χ1v) is 11.2. The first-order chi connectivity index (χ1) is 16.3. The van der Waals surface area contributed by atoms with Crippen LogP contribution >= 0.6 is 11.6 Å². The molecule has 2 fully saturated rings. The molecule has 2 aromatic carbocycles. The minimum atomic E-state index is -1.50. The quantitative estimate of drug-likeness (QED) is 0.537. The van der Waals surface area contributed by atoms with Gasteiger partial charge >= 0.3 is 5.97 Å². The van der Waals surface area contributed by atoms with Crippen LogP contribution in [0.15, 0.2) is 42.5 Å². The summed E-state index contributed by atoms with van der Waals surface area (Å²) in [7, 11) is 1.55. The Kier molecular flexibility index (Phi) is 5.33. The third-order valence-electron chi connectivity index (χ3n) is 6.96. The number of carboxylic acids is 1. The van der Waals surface area contributed by atoms with E-state index in [2.05, 4.69) is 10.6 Å². The number of halogens is 1. The fourth-order valence-electron chi connectivity index (χ4n) is 5.45. The van der Waals surface area contributed by atoms with Crippen LogP contribution in [0.4, 0.5) is 5.69 Å². The third-order valence-corrected chi connectivity index (χ3v) is 7.27. The number of fused-ring (bicyclic) bond motifs is 4. The van der Waals surface area contributed by atoms with Crippen LogP contribution < -0.4 is 15.4 Å². The van der Waals surface area contributed by atoms with Gasteiger partial charge < -0.3 is 15.2 Å². The number of nitrogens with one attached hydrogen (secondary N) is 2. The molecule has 4 unspecified atom stereocenters. The topological polar surface area (TPSA) is 125 Å². The van der Waals surface area contributed by atoms with E-state index in [-0.39, 0.29) is 19.4 Å². The lowest BCUT2D eigenvalue weighted by Gasteiger charge is -2.29. The van der Waals surface area contributed by atoms with Crippen molar-refractivity contribution in [2.24, 2.45) is 11.8 Å². The van der Waals surface area contributed by atoms with Gasteiger partial charge in [0.05, 0.1) is 36.2 Å². The molecule has 3 N–H and O–H groups in total. The van der Waals surface area contributed by atoms with Gasteiger partial charge in [-0.2, -0.15) is 0 Å². The lowest BCUT2D eigenvalue weighted by molar-refractivity contribution is -0.144. The van der Waals surface area contributed by atoms with E-state index >= 15 is 0 Å². The van der Waals surface area contributed by atoms with Gasteiger partial charge in [-0.15, -0.1) is 0 Å². The van der Waals surface area contributed by atoms with Gasteiger partial charge in [0.25, 0.3) is 0 Å². The Balaban J connectivity index is 1.56. The standard InChI is InChI=1S/C24H22ClN3O6/c1-34-13-7-5-12(6-8-13)11-28-21(31)18-16(9-10-17(29)30)27-24(19(18)22(28)32)14-3-2-4-15(25)20(14)26-23(24)33/h2-8,16,18-19,27H,9-11H2,1H3,(H,26,33)(H,29,30).